The molecule has 0 atom stereocenters. The number of nitrogens with one attached hydrogen (secondary N) is 1. The van der Waals surface area contributed by atoms with Crippen LogP contribution >= 0.6 is 0 Å². The number of anilines is 1. The quantitative estimate of drug-likeness (QED) is 0.922. The fraction of sp³-hybridized carbons (Fsp3) is 0.176. The summed E-state index contributed by atoms with van der Waals surface area (Å²) in [7, 11) is 3.05. The van der Waals surface area contributed by atoms with Crippen molar-refractivity contribution in [2.45, 2.75) is 0 Å². The van der Waals surface area contributed by atoms with E-state index in [2.05, 4.69) is 5.32 Å². The van der Waals surface area contributed by atoms with Gasteiger partial charge in [0.2, 0.25) is 5.91 Å². The van der Waals surface area contributed by atoms with Crippen molar-refractivity contribution >= 4 is 17.5 Å². The van der Waals surface area contributed by atoms with E-state index in [1.54, 1.807) is 24.3 Å². The number of hydrogen-bond donors (Lipinski definition) is 1. The van der Waals surface area contributed by atoms with Crippen LogP contribution in [-0.4, -0.2) is 37.4 Å². The SMILES string of the molecule is COc1cccc(C(=O)N(C)CC(=O)Nc2ccc(F)cc2)c1. The lowest BCUT2D eigenvalue weighted by atomic mass is 10.2. The molecule has 0 saturated heterocycles. The van der Waals surface area contributed by atoms with E-state index in [1.807, 2.05) is 0 Å². The first-order valence-electron chi connectivity index (χ1n) is 6.94. The topological polar surface area (TPSA) is 58.6 Å². The minimum atomic E-state index is -0.381. The molecule has 0 unspecified atom stereocenters. The highest BCUT2D eigenvalue weighted by Gasteiger charge is 2.15. The number of nitrogens with zero attached hydrogens (tertiary/aromatic N) is 1. The van der Waals surface area contributed by atoms with Gasteiger partial charge in [0.15, 0.2) is 0 Å². The molecular formula is C17H17FN2O3. The van der Waals surface area contributed by atoms with Gasteiger partial charge in [-0.1, -0.05) is 6.07 Å². The Balaban J connectivity index is 1.97. The molecule has 0 bridgehead atoms. The molecule has 2 aromatic carbocycles. The molecule has 0 aliphatic rings. The largest absolute Gasteiger partial charge is 0.497 e. The highest BCUT2D eigenvalue weighted by molar-refractivity contribution is 5.99. The number of carbonyl (C=O) groups is 2. The third kappa shape index (κ3) is 4.54. The molecule has 0 spiro atoms. The lowest BCUT2D eigenvalue weighted by Gasteiger charge is -2.17. The van der Waals surface area contributed by atoms with Crippen LogP contribution in [0.1, 0.15) is 10.4 Å². The number of amides is 2. The maximum atomic E-state index is 12.8. The Bertz CT molecular complexity index is 701. The molecule has 0 radical (unpaired) electrons. The lowest BCUT2D eigenvalue weighted by Crippen LogP contribution is -2.34. The van der Waals surface area contributed by atoms with E-state index in [1.165, 1.54) is 43.3 Å². The average molecular weight is 316 g/mol. The normalized spacial score (nSPS) is 10.0. The van der Waals surface area contributed by atoms with Gasteiger partial charge in [0.1, 0.15) is 11.6 Å². The van der Waals surface area contributed by atoms with Crippen LogP contribution in [0.25, 0.3) is 0 Å². The number of methoxy groups -OCH3 is 1. The summed E-state index contributed by atoms with van der Waals surface area (Å²) in [5.74, 6) is -0.471. The number of carbonyl (C=O) groups excluding carboxylic acids is 2. The number of rotatable bonds is 5. The first-order valence-corrected chi connectivity index (χ1v) is 6.94. The monoisotopic (exact) mass is 316 g/mol. The van der Waals surface area contributed by atoms with Crippen LogP contribution in [-0.2, 0) is 4.79 Å². The third-order valence-corrected chi connectivity index (χ3v) is 3.17. The zero-order valence-corrected chi connectivity index (χ0v) is 12.9. The lowest BCUT2D eigenvalue weighted by molar-refractivity contribution is -0.116. The second-order valence-corrected chi connectivity index (χ2v) is 4.95. The highest BCUT2D eigenvalue weighted by atomic mass is 19.1. The molecule has 0 saturated carbocycles. The maximum Gasteiger partial charge on any atom is 0.254 e. The summed E-state index contributed by atoms with van der Waals surface area (Å²) in [6.45, 7) is -0.118. The van der Waals surface area contributed by atoms with Gasteiger partial charge in [0.05, 0.1) is 13.7 Å². The molecule has 2 amide bonds. The van der Waals surface area contributed by atoms with Crippen LogP contribution in [0, 0.1) is 5.82 Å². The third-order valence-electron chi connectivity index (χ3n) is 3.17. The predicted octanol–water partition coefficient (Wildman–Crippen LogP) is 2.55. The van der Waals surface area contributed by atoms with Crippen molar-refractivity contribution < 1.29 is 18.7 Å². The number of likely N-dealkylation sites (N-methyl/N-ethyl adjacent to an activating group) is 1. The standard InChI is InChI=1S/C17H17FN2O3/c1-20(17(22)12-4-3-5-15(10-12)23-2)11-16(21)19-14-8-6-13(18)7-9-14/h3-10H,11H2,1-2H3,(H,19,21). The molecule has 0 aliphatic heterocycles. The van der Waals surface area contributed by atoms with Gasteiger partial charge in [0.25, 0.3) is 5.91 Å². The van der Waals surface area contributed by atoms with Gasteiger partial charge in [-0.05, 0) is 42.5 Å². The maximum absolute atomic E-state index is 12.8. The van der Waals surface area contributed by atoms with Gasteiger partial charge < -0.3 is 15.0 Å². The Morgan fingerprint density at radius 3 is 2.52 bits per heavy atom. The molecule has 0 fully saturated rings. The van der Waals surface area contributed by atoms with Gasteiger partial charge in [-0.15, -0.1) is 0 Å². The number of hydrogen-bond acceptors (Lipinski definition) is 3. The molecule has 120 valence electrons. The zero-order valence-electron chi connectivity index (χ0n) is 12.9. The van der Waals surface area contributed by atoms with Gasteiger partial charge in [-0.2, -0.15) is 0 Å². The van der Waals surface area contributed by atoms with E-state index < -0.39 is 0 Å². The molecule has 6 heteroatoms. The van der Waals surface area contributed by atoms with E-state index in [9.17, 15) is 14.0 Å². The van der Waals surface area contributed by atoms with Gasteiger partial charge in [-0.3, -0.25) is 9.59 Å². The van der Waals surface area contributed by atoms with Crippen molar-refractivity contribution in [3.8, 4) is 5.75 Å². The first-order chi connectivity index (χ1) is 11.0. The van der Waals surface area contributed by atoms with Gasteiger partial charge in [0, 0.05) is 18.3 Å². The fourth-order valence-corrected chi connectivity index (χ4v) is 2.00. The Morgan fingerprint density at radius 2 is 1.87 bits per heavy atom. The van der Waals surface area contributed by atoms with Crippen molar-refractivity contribution in [3.05, 3.63) is 59.9 Å². The van der Waals surface area contributed by atoms with Crippen molar-refractivity contribution in [1.82, 2.24) is 4.90 Å². The predicted molar refractivity (Wildman–Crippen MR) is 85.0 cm³/mol. The molecule has 0 aromatic heterocycles. The molecule has 23 heavy (non-hydrogen) atoms. The Labute approximate surface area is 133 Å². The molecule has 0 heterocycles. The molecule has 1 N–H and O–H groups in total. The molecule has 2 rings (SSSR count). The van der Waals surface area contributed by atoms with Crippen molar-refractivity contribution in [1.29, 1.82) is 0 Å². The smallest absolute Gasteiger partial charge is 0.254 e. The van der Waals surface area contributed by atoms with E-state index in [-0.39, 0.29) is 24.2 Å². The number of halogens is 1. The Hall–Kier alpha value is -2.89. The minimum Gasteiger partial charge on any atom is -0.497 e. The molecule has 2 aromatic rings. The average Bonchev–Trinajstić information content (AvgIpc) is 2.56. The Morgan fingerprint density at radius 1 is 1.17 bits per heavy atom. The number of ether oxygens (including phenoxy) is 1. The molecule has 0 aliphatic carbocycles. The van der Waals surface area contributed by atoms with Crippen LogP contribution in [0.5, 0.6) is 5.75 Å². The summed E-state index contributed by atoms with van der Waals surface area (Å²) < 4.78 is 17.9. The van der Waals surface area contributed by atoms with E-state index in [0.717, 1.165) is 0 Å². The highest BCUT2D eigenvalue weighted by Crippen LogP contribution is 2.14. The second kappa shape index (κ2) is 7.40. The van der Waals surface area contributed by atoms with Crippen LogP contribution in [0.15, 0.2) is 48.5 Å². The Kier molecular flexibility index (Phi) is 5.30. The van der Waals surface area contributed by atoms with Gasteiger partial charge in [-0.25, -0.2) is 4.39 Å². The molecule has 5 nitrogen and oxygen atoms in total. The summed E-state index contributed by atoms with van der Waals surface area (Å²) in [5, 5.41) is 2.60. The minimum absolute atomic E-state index is 0.118. The number of benzene rings is 2. The first kappa shape index (κ1) is 16.5. The summed E-state index contributed by atoms with van der Waals surface area (Å²) in [6, 6.07) is 12.1. The summed E-state index contributed by atoms with van der Waals surface area (Å²) >= 11 is 0. The van der Waals surface area contributed by atoms with E-state index >= 15 is 0 Å². The summed E-state index contributed by atoms with van der Waals surface area (Å²) in [5.41, 5.74) is 0.903. The van der Waals surface area contributed by atoms with Gasteiger partial charge >= 0.3 is 0 Å². The van der Waals surface area contributed by atoms with Crippen LogP contribution in [0.4, 0.5) is 10.1 Å². The fourth-order valence-electron chi connectivity index (χ4n) is 2.00. The van der Waals surface area contributed by atoms with E-state index in [4.69, 9.17) is 4.74 Å². The summed E-state index contributed by atoms with van der Waals surface area (Å²) in [4.78, 5) is 25.5. The zero-order chi connectivity index (χ0) is 16.8. The molecular weight excluding hydrogens is 299 g/mol. The van der Waals surface area contributed by atoms with Crippen molar-refractivity contribution in [2.75, 3.05) is 26.0 Å². The summed E-state index contributed by atoms with van der Waals surface area (Å²) in [6.07, 6.45) is 0. The van der Waals surface area contributed by atoms with Crippen molar-refractivity contribution in [3.63, 3.8) is 0 Å². The van der Waals surface area contributed by atoms with Crippen LogP contribution < -0.4 is 10.1 Å². The second-order valence-electron chi connectivity index (χ2n) is 4.95. The van der Waals surface area contributed by atoms with E-state index in [0.29, 0.717) is 17.0 Å². The van der Waals surface area contributed by atoms with Crippen LogP contribution in [0.2, 0.25) is 0 Å². The van der Waals surface area contributed by atoms with Crippen LogP contribution in [0.3, 0.4) is 0 Å². The van der Waals surface area contributed by atoms with Crippen molar-refractivity contribution in [2.24, 2.45) is 0 Å².